The van der Waals surface area contributed by atoms with Crippen LogP contribution in [0.15, 0.2) is 18.2 Å². The van der Waals surface area contributed by atoms with E-state index < -0.39 is 5.82 Å². The Morgan fingerprint density at radius 2 is 2.00 bits per heavy atom. The second kappa shape index (κ2) is 7.62. The lowest BCUT2D eigenvalue weighted by Gasteiger charge is -2.08. The van der Waals surface area contributed by atoms with Crippen LogP contribution in [0.5, 0.6) is 5.75 Å². The lowest BCUT2D eigenvalue weighted by Crippen LogP contribution is -2.13. The van der Waals surface area contributed by atoms with E-state index in [-0.39, 0.29) is 18.2 Å². The van der Waals surface area contributed by atoms with Crippen LogP contribution in [0.3, 0.4) is 0 Å². The molecular formula is C12H17FN2O3. The minimum atomic E-state index is -0.542. The van der Waals surface area contributed by atoms with E-state index in [1.54, 1.807) is 7.11 Å². The van der Waals surface area contributed by atoms with Crippen LogP contribution in [0, 0.1) is 11.2 Å². The first-order valence-corrected chi connectivity index (χ1v) is 5.48. The van der Waals surface area contributed by atoms with Crippen molar-refractivity contribution in [3.05, 3.63) is 29.6 Å². The van der Waals surface area contributed by atoms with Gasteiger partial charge in [-0.15, -0.1) is 0 Å². The van der Waals surface area contributed by atoms with Crippen molar-refractivity contribution in [2.75, 3.05) is 33.5 Å². The SMILES string of the molecule is COCCOCCOc1ccc(C(=N)N)cc1F. The topological polar surface area (TPSA) is 77.6 Å². The van der Waals surface area contributed by atoms with Crippen LogP contribution < -0.4 is 10.5 Å². The largest absolute Gasteiger partial charge is 0.488 e. The molecule has 5 nitrogen and oxygen atoms in total. The number of hydrogen-bond acceptors (Lipinski definition) is 4. The molecule has 6 heteroatoms. The highest BCUT2D eigenvalue weighted by Gasteiger charge is 2.06. The Hall–Kier alpha value is -1.66. The predicted molar refractivity (Wildman–Crippen MR) is 65.6 cm³/mol. The molecule has 0 amide bonds. The molecule has 0 radical (unpaired) electrons. The molecule has 0 aromatic heterocycles. The van der Waals surface area contributed by atoms with Crippen LogP contribution in [0.1, 0.15) is 5.56 Å². The van der Waals surface area contributed by atoms with Gasteiger partial charge in [-0.3, -0.25) is 5.41 Å². The van der Waals surface area contributed by atoms with Gasteiger partial charge in [0.2, 0.25) is 0 Å². The number of methoxy groups -OCH3 is 1. The van der Waals surface area contributed by atoms with Crippen molar-refractivity contribution >= 4 is 5.84 Å². The minimum Gasteiger partial charge on any atom is -0.488 e. The van der Waals surface area contributed by atoms with Crippen molar-refractivity contribution < 1.29 is 18.6 Å². The van der Waals surface area contributed by atoms with E-state index in [0.29, 0.717) is 25.4 Å². The Labute approximate surface area is 105 Å². The first-order chi connectivity index (χ1) is 8.65. The summed E-state index contributed by atoms with van der Waals surface area (Å²) in [4.78, 5) is 0. The van der Waals surface area contributed by atoms with Gasteiger partial charge in [0, 0.05) is 12.7 Å². The number of hydrogen-bond donors (Lipinski definition) is 2. The van der Waals surface area contributed by atoms with Crippen LogP contribution >= 0.6 is 0 Å². The predicted octanol–water partition coefficient (Wildman–Crippen LogP) is 1.15. The van der Waals surface area contributed by atoms with E-state index in [1.165, 1.54) is 18.2 Å². The van der Waals surface area contributed by atoms with Gasteiger partial charge in [0.25, 0.3) is 0 Å². The molecule has 0 unspecified atom stereocenters. The van der Waals surface area contributed by atoms with Gasteiger partial charge in [0.1, 0.15) is 12.4 Å². The van der Waals surface area contributed by atoms with Crippen LogP contribution in [0.2, 0.25) is 0 Å². The molecule has 0 bridgehead atoms. The molecule has 0 aliphatic carbocycles. The van der Waals surface area contributed by atoms with E-state index >= 15 is 0 Å². The van der Waals surface area contributed by atoms with Crippen LogP contribution in [0.25, 0.3) is 0 Å². The van der Waals surface area contributed by atoms with Gasteiger partial charge in [-0.2, -0.15) is 0 Å². The van der Waals surface area contributed by atoms with Crippen LogP contribution in [0.4, 0.5) is 4.39 Å². The zero-order chi connectivity index (χ0) is 13.4. The normalized spacial score (nSPS) is 10.3. The molecule has 18 heavy (non-hydrogen) atoms. The third-order valence-electron chi connectivity index (χ3n) is 2.16. The second-order valence-electron chi connectivity index (χ2n) is 3.51. The second-order valence-corrected chi connectivity index (χ2v) is 3.51. The molecule has 0 aliphatic heterocycles. The Morgan fingerprint density at radius 3 is 2.61 bits per heavy atom. The zero-order valence-corrected chi connectivity index (χ0v) is 10.2. The van der Waals surface area contributed by atoms with E-state index in [1.807, 2.05) is 0 Å². The van der Waals surface area contributed by atoms with Crippen molar-refractivity contribution in [1.29, 1.82) is 5.41 Å². The third-order valence-corrected chi connectivity index (χ3v) is 2.16. The lowest BCUT2D eigenvalue weighted by atomic mass is 10.2. The number of nitrogens with one attached hydrogen (secondary N) is 1. The van der Waals surface area contributed by atoms with E-state index in [4.69, 9.17) is 25.4 Å². The van der Waals surface area contributed by atoms with Gasteiger partial charge >= 0.3 is 0 Å². The molecule has 0 atom stereocenters. The number of rotatable bonds is 8. The van der Waals surface area contributed by atoms with Gasteiger partial charge < -0.3 is 19.9 Å². The molecule has 0 spiro atoms. The number of ether oxygens (including phenoxy) is 3. The van der Waals surface area contributed by atoms with E-state index in [2.05, 4.69) is 0 Å². The van der Waals surface area contributed by atoms with Crippen LogP contribution in [-0.2, 0) is 9.47 Å². The summed E-state index contributed by atoms with van der Waals surface area (Å²) in [6, 6.07) is 4.15. The molecule has 0 aliphatic rings. The maximum atomic E-state index is 13.5. The number of nitrogens with two attached hydrogens (primary N) is 1. The van der Waals surface area contributed by atoms with Gasteiger partial charge in [-0.1, -0.05) is 0 Å². The average molecular weight is 256 g/mol. The minimum absolute atomic E-state index is 0.121. The van der Waals surface area contributed by atoms with E-state index in [9.17, 15) is 4.39 Å². The summed E-state index contributed by atoms with van der Waals surface area (Å²) in [5.74, 6) is -0.599. The van der Waals surface area contributed by atoms with Gasteiger partial charge in [-0.05, 0) is 18.2 Å². The molecule has 1 aromatic carbocycles. The summed E-state index contributed by atoms with van der Waals surface area (Å²) < 4.78 is 28.7. The van der Waals surface area contributed by atoms with E-state index in [0.717, 1.165) is 0 Å². The Bertz CT molecular complexity index is 399. The van der Waals surface area contributed by atoms with Gasteiger partial charge in [0.15, 0.2) is 11.6 Å². The molecular weight excluding hydrogens is 239 g/mol. The van der Waals surface area contributed by atoms with Gasteiger partial charge in [-0.25, -0.2) is 4.39 Å². The molecule has 1 aromatic rings. The fourth-order valence-electron chi connectivity index (χ4n) is 1.24. The maximum Gasteiger partial charge on any atom is 0.165 e. The first-order valence-electron chi connectivity index (χ1n) is 5.48. The average Bonchev–Trinajstić information content (AvgIpc) is 2.35. The number of amidine groups is 1. The summed E-state index contributed by atoms with van der Waals surface area (Å²) in [6.45, 7) is 1.60. The highest BCUT2D eigenvalue weighted by molar-refractivity contribution is 5.95. The summed E-state index contributed by atoms with van der Waals surface area (Å²) >= 11 is 0. The number of halogens is 1. The highest BCUT2D eigenvalue weighted by atomic mass is 19.1. The molecule has 0 fully saturated rings. The Kier molecular flexibility index (Phi) is 6.10. The quantitative estimate of drug-likeness (QED) is 0.415. The molecule has 3 N–H and O–H groups in total. The Balaban J connectivity index is 2.36. The van der Waals surface area contributed by atoms with Crippen molar-refractivity contribution in [3.8, 4) is 5.75 Å². The fourth-order valence-corrected chi connectivity index (χ4v) is 1.24. The van der Waals surface area contributed by atoms with Crippen molar-refractivity contribution in [2.45, 2.75) is 0 Å². The summed E-state index contributed by atoms with van der Waals surface area (Å²) in [5, 5.41) is 7.17. The molecule has 0 saturated heterocycles. The fraction of sp³-hybridized carbons (Fsp3) is 0.417. The monoisotopic (exact) mass is 256 g/mol. The maximum absolute atomic E-state index is 13.5. The smallest absolute Gasteiger partial charge is 0.165 e. The number of benzene rings is 1. The standard InChI is InChI=1S/C12H17FN2O3/c1-16-4-5-17-6-7-18-11-3-2-9(12(14)15)8-10(11)13/h2-3,8H,4-7H2,1H3,(H3,14,15). The molecule has 0 heterocycles. The zero-order valence-electron chi connectivity index (χ0n) is 10.2. The summed E-state index contributed by atoms with van der Waals surface area (Å²) in [5.41, 5.74) is 5.57. The van der Waals surface area contributed by atoms with Crippen molar-refractivity contribution in [1.82, 2.24) is 0 Å². The summed E-state index contributed by atoms with van der Waals surface area (Å²) in [7, 11) is 1.59. The van der Waals surface area contributed by atoms with Gasteiger partial charge in [0.05, 0.1) is 19.8 Å². The first kappa shape index (κ1) is 14.4. The molecule has 100 valence electrons. The number of nitrogen functional groups attached to an aromatic ring is 1. The lowest BCUT2D eigenvalue weighted by molar-refractivity contribution is 0.0538. The van der Waals surface area contributed by atoms with Crippen molar-refractivity contribution in [3.63, 3.8) is 0 Å². The highest BCUT2D eigenvalue weighted by Crippen LogP contribution is 2.17. The van der Waals surface area contributed by atoms with Crippen molar-refractivity contribution in [2.24, 2.45) is 5.73 Å². The third kappa shape index (κ3) is 4.68. The van der Waals surface area contributed by atoms with Crippen LogP contribution in [-0.4, -0.2) is 39.4 Å². The molecule has 0 saturated carbocycles. The Morgan fingerprint density at radius 1 is 1.28 bits per heavy atom. The molecule has 1 rings (SSSR count). The summed E-state index contributed by atoms with van der Waals surface area (Å²) in [6.07, 6.45) is 0.